The predicted molar refractivity (Wildman–Crippen MR) is 65.9 cm³/mol. The molecule has 0 aromatic heterocycles. The Morgan fingerprint density at radius 1 is 1.59 bits per heavy atom. The maximum absolute atomic E-state index is 11.8. The molecule has 1 heterocycles. The van der Waals surface area contributed by atoms with E-state index in [2.05, 4.69) is 17.1 Å². The van der Waals surface area contributed by atoms with Gasteiger partial charge < -0.3 is 14.8 Å². The summed E-state index contributed by atoms with van der Waals surface area (Å²) in [6, 6.07) is -0.150. The van der Waals surface area contributed by atoms with Crippen molar-refractivity contribution >= 4 is 5.97 Å². The molecule has 1 aliphatic rings. The molecule has 1 N–H and O–H groups in total. The molecule has 100 valence electrons. The molecule has 5 heteroatoms. The summed E-state index contributed by atoms with van der Waals surface area (Å²) in [5, 5.41) is 3.24. The van der Waals surface area contributed by atoms with E-state index in [9.17, 15) is 4.79 Å². The molecule has 1 rings (SSSR count). The molecule has 1 saturated heterocycles. The third-order valence-electron chi connectivity index (χ3n) is 2.91. The number of esters is 1. The lowest BCUT2D eigenvalue weighted by Crippen LogP contribution is -2.56. The van der Waals surface area contributed by atoms with E-state index in [4.69, 9.17) is 9.47 Å². The molecule has 1 fully saturated rings. The van der Waals surface area contributed by atoms with Gasteiger partial charge in [-0.1, -0.05) is 6.92 Å². The summed E-state index contributed by atoms with van der Waals surface area (Å²) < 4.78 is 10.2. The molecule has 2 atom stereocenters. The third kappa shape index (κ3) is 4.61. The number of hydrogen-bond donors (Lipinski definition) is 1. The maximum atomic E-state index is 11.8. The smallest absolute Gasteiger partial charge is 0.324 e. The van der Waals surface area contributed by atoms with Crippen molar-refractivity contribution in [2.75, 3.05) is 46.5 Å². The van der Waals surface area contributed by atoms with Crippen LogP contribution in [-0.4, -0.2) is 63.4 Å². The van der Waals surface area contributed by atoms with E-state index in [1.54, 1.807) is 7.11 Å². The second-order valence-electron chi connectivity index (χ2n) is 4.53. The summed E-state index contributed by atoms with van der Waals surface area (Å²) in [7, 11) is 1.71. The number of rotatable bonds is 6. The molecule has 0 bridgehead atoms. The molecule has 0 aliphatic carbocycles. The van der Waals surface area contributed by atoms with Gasteiger partial charge in [-0.15, -0.1) is 0 Å². The zero-order valence-electron chi connectivity index (χ0n) is 11.1. The number of ether oxygens (including phenoxy) is 2. The molecule has 1 aliphatic heterocycles. The lowest BCUT2D eigenvalue weighted by atomic mass is 10.1. The van der Waals surface area contributed by atoms with Gasteiger partial charge in [0.15, 0.2) is 0 Å². The van der Waals surface area contributed by atoms with Crippen molar-refractivity contribution in [1.82, 2.24) is 10.2 Å². The van der Waals surface area contributed by atoms with Crippen LogP contribution >= 0.6 is 0 Å². The standard InChI is InChI=1S/C12H24N2O3/c1-4-17-12(15)11-7-13-5-6-14(11)8-10(2)9-16-3/h10-11,13H,4-9H2,1-3H3. The van der Waals surface area contributed by atoms with Gasteiger partial charge in [-0.3, -0.25) is 9.69 Å². The van der Waals surface area contributed by atoms with Crippen LogP contribution in [0.15, 0.2) is 0 Å². The fraction of sp³-hybridized carbons (Fsp3) is 0.917. The van der Waals surface area contributed by atoms with Crippen molar-refractivity contribution in [2.45, 2.75) is 19.9 Å². The molecule has 0 amide bonds. The number of carbonyl (C=O) groups excluding carboxylic acids is 1. The minimum atomic E-state index is -0.150. The van der Waals surface area contributed by atoms with Crippen LogP contribution in [0.3, 0.4) is 0 Å². The third-order valence-corrected chi connectivity index (χ3v) is 2.91. The molecule has 5 nitrogen and oxygen atoms in total. The zero-order chi connectivity index (χ0) is 12.7. The number of hydrogen-bond acceptors (Lipinski definition) is 5. The Labute approximate surface area is 103 Å². The van der Waals surface area contributed by atoms with Gasteiger partial charge in [-0.25, -0.2) is 0 Å². The summed E-state index contributed by atoms with van der Waals surface area (Å²) in [6.07, 6.45) is 0. The second kappa shape index (κ2) is 7.63. The van der Waals surface area contributed by atoms with Crippen LogP contribution in [0.4, 0.5) is 0 Å². The molecule has 0 saturated carbocycles. The summed E-state index contributed by atoms with van der Waals surface area (Å²) in [6.45, 7) is 8.50. The number of methoxy groups -OCH3 is 1. The van der Waals surface area contributed by atoms with E-state index in [1.807, 2.05) is 6.92 Å². The Morgan fingerprint density at radius 2 is 2.35 bits per heavy atom. The van der Waals surface area contributed by atoms with Crippen molar-refractivity contribution in [3.63, 3.8) is 0 Å². The van der Waals surface area contributed by atoms with Gasteiger partial charge in [0.1, 0.15) is 6.04 Å². The molecule has 17 heavy (non-hydrogen) atoms. The normalized spacial score (nSPS) is 23.4. The summed E-state index contributed by atoms with van der Waals surface area (Å²) >= 11 is 0. The van der Waals surface area contributed by atoms with E-state index in [1.165, 1.54) is 0 Å². The SMILES string of the molecule is CCOC(=O)C1CNCCN1CC(C)COC. The number of nitrogens with zero attached hydrogens (tertiary/aromatic N) is 1. The van der Waals surface area contributed by atoms with Crippen molar-refractivity contribution in [2.24, 2.45) is 5.92 Å². The van der Waals surface area contributed by atoms with E-state index in [0.717, 1.165) is 26.2 Å². The van der Waals surface area contributed by atoms with Crippen LogP contribution < -0.4 is 5.32 Å². The first-order valence-electron chi connectivity index (χ1n) is 6.29. The monoisotopic (exact) mass is 244 g/mol. The zero-order valence-corrected chi connectivity index (χ0v) is 11.1. The van der Waals surface area contributed by atoms with Crippen LogP contribution in [-0.2, 0) is 14.3 Å². The average Bonchev–Trinajstić information content (AvgIpc) is 2.30. The highest BCUT2D eigenvalue weighted by atomic mass is 16.5. The Balaban J connectivity index is 2.50. The summed E-state index contributed by atoms with van der Waals surface area (Å²) in [4.78, 5) is 14.0. The largest absolute Gasteiger partial charge is 0.465 e. The van der Waals surface area contributed by atoms with Crippen LogP contribution in [0.2, 0.25) is 0 Å². The minimum Gasteiger partial charge on any atom is -0.465 e. The van der Waals surface area contributed by atoms with Crippen molar-refractivity contribution in [3.05, 3.63) is 0 Å². The van der Waals surface area contributed by atoms with Crippen molar-refractivity contribution in [1.29, 1.82) is 0 Å². The van der Waals surface area contributed by atoms with Gasteiger partial charge in [0, 0.05) is 39.9 Å². The van der Waals surface area contributed by atoms with E-state index in [-0.39, 0.29) is 12.0 Å². The maximum Gasteiger partial charge on any atom is 0.324 e. The number of piperazine rings is 1. The Bertz CT molecular complexity index is 236. The van der Waals surface area contributed by atoms with Crippen molar-refractivity contribution < 1.29 is 14.3 Å². The topological polar surface area (TPSA) is 50.8 Å². The Morgan fingerprint density at radius 3 is 3.00 bits per heavy atom. The first-order chi connectivity index (χ1) is 8.19. The molecular formula is C12H24N2O3. The van der Waals surface area contributed by atoms with Gasteiger partial charge in [-0.05, 0) is 12.8 Å². The van der Waals surface area contributed by atoms with Crippen LogP contribution in [0.5, 0.6) is 0 Å². The Kier molecular flexibility index (Phi) is 6.47. The second-order valence-corrected chi connectivity index (χ2v) is 4.53. The van der Waals surface area contributed by atoms with Crippen LogP contribution in [0, 0.1) is 5.92 Å². The number of carbonyl (C=O) groups is 1. The van der Waals surface area contributed by atoms with Gasteiger partial charge in [0.05, 0.1) is 6.61 Å². The van der Waals surface area contributed by atoms with Gasteiger partial charge in [0.25, 0.3) is 0 Å². The van der Waals surface area contributed by atoms with Gasteiger partial charge >= 0.3 is 5.97 Å². The lowest BCUT2D eigenvalue weighted by Gasteiger charge is -2.35. The Hall–Kier alpha value is -0.650. The van der Waals surface area contributed by atoms with Gasteiger partial charge in [-0.2, -0.15) is 0 Å². The van der Waals surface area contributed by atoms with E-state index >= 15 is 0 Å². The quantitative estimate of drug-likeness (QED) is 0.672. The highest BCUT2D eigenvalue weighted by molar-refractivity contribution is 5.76. The molecule has 2 unspecified atom stereocenters. The first kappa shape index (κ1) is 14.4. The highest BCUT2D eigenvalue weighted by Crippen LogP contribution is 2.09. The molecular weight excluding hydrogens is 220 g/mol. The summed E-state index contributed by atoms with van der Waals surface area (Å²) in [5.41, 5.74) is 0. The molecule has 0 spiro atoms. The number of nitrogens with one attached hydrogen (secondary N) is 1. The van der Waals surface area contributed by atoms with E-state index < -0.39 is 0 Å². The predicted octanol–water partition coefficient (Wildman–Crippen LogP) is 0.106. The lowest BCUT2D eigenvalue weighted by molar-refractivity contribution is -0.150. The summed E-state index contributed by atoms with van der Waals surface area (Å²) in [5.74, 6) is 0.305. The molecule has 0 aromatic rings. The van der Waals surface area contributed by atoms with Crippen molar-refractivity contribution in [3.8, 4) is 0 Å². The fourth-order valence-corrected chi connectivity index (χ4v) is 2.17. The van der Waals surface area contributed by atoms with E-state index in [0.29, 0.717) is 19.1 Å². The van der Waals surface area contributed by atoms with Crippen LogP contribution in [0.1, 0.15) is 13.8 Å². The minimum absolute atomic E-state index is 0.121. The average molecular weight is 244 g/mol. The first-order valence-corrected chi connectivity index (χ1v) is 6.29. The molecule has 0 aromatic carbocycles. The highest BCUT2D eigenvalue weighted by Gasteiger charge is 2.30. The van der Waals surface area contributed by atoms with Crippen LogP contribution in [0.25, 0.3) is 0 Å². The molecule has 0 radical (unpaired) electrons. The fourth-order valence-electron chi connectivity index (χ4n) is 2.17. The van der Waals surface area contributed by atoms with Gasteiger partial charge in [0.2, 0.25) is 0 Å².